The predicted octanol–water partition coefficient (Wildman–Crippen LogP) is 3.37. The molecule has 5 nitrogen and oxygen atoms in total. The van der Waals surface area contributed by atoms with E-state index in [0.29, 0.717) is 17.7 Å². The third kappa shape index (κ3) is 3.67. The molecule has 1 atom stereocenters. The van der Waals surface area contributed by atoms with Gasteiger partial charge in [0.2, 0.25) is 5.91 Å². The molecule has 2 amide bonds. The van der Waals surface area contributed by atoms with Crippen molar-refractivity contribution in [1.29, 1.82) is 0 Å². The Labute approximate surface area is 163 Å². The van der Waals surface area contributed by atoms with Crippen LogP contribution in [0.2, 0.25) is 0 Å². The number of hydrazone groups is 1. The molecule has 1 saturated carbocycles. The second-order valence-electron chi connectivity index (χ2n) is 7.36. The molecule has 1 unspecified atom stereocenters. The third-order valence-corrected chi connectivity index (χ3v) is 5.21. The maximum atomic E-state index is 14.3. The number of amides is 2. The van der Waals surface area contributed by atoms with Gasteiger partial charge in [-0.3, -0.25) is 9.59 Å². The highest BCUT2D eigenvalue weighted by Crippen LogP contribution is 2.34. The van der Waals surface area contributed by atoms with Crippen LogP contribution < -0.4 is 0 Å². The van der Waals surface area contributed by atoms with Crippen LogP contribution in [0.4, 0.5) is 4.39 Å². The van der Waals surface area contributed by atoms with Crippen molar-refractivity contribution in [1.82, 2.24) is 9.91 Å². The summed E-state index contributed by atoms with van der Waals surface area (Å²) in [4.78, 5) is 26.7. The van der Waals surface area contributed by atoms with Crippen LogP contribution in [0.15, 0.2) is 59.7 Å². The van der Waals surface area contributed by atoms with E-state index >= 15 is 0 Å². The van der Waals surface area contributed by atoms with Crippen molar-refractivity contribution in [3.63, 3.8) is 0 Å². The van der Waals surface area contributed by atoms with Crippen LogP contribution in [0, 0.1) is 11.7 Å². The maximum Gasteiger partial charge on any atom is 0.262 e. The summed E-state index contributed by atoms with van der Waals surface area (Å²) in [6.45, 7) is -0.0350. The average molecular weight is 379 g/mol. The molecule has 1 fully saturated rings. The van der Waals surface area contributed by atoms with Gasteiger partial charge in [-0.1, -0.05) is 48.5 Å². The Hall–Kier alpha value is -3.02. The van der Waals surface area contributed by atoms with Gasteiger partial charge in [0, 0.05) is 24.9 Å². The summed E-state index contributed by atoms with van der Waals surface area (Å²) in [5.74, 6) is -0.569. The molecule has 0 aromatic heterocycles. The first-order chi connectivity index (χ1) is 13.5. The topological polar surface area (TPSA) is 53.0 Å². The first-order valence-corrected chi connectivity index (χ1v) is 9.49. The van der Waals surface area contributed by atoms with E-state index in [0.717, 1.165) is 18.4 Å². The molecule has 1 aliphatic heterocycles. The van der Waals surface area contributed by atoms with E-state index in [1.807, 2.05) is 30.3 Å². The fourth-order valence-electron chi connectivity index (χ4n) is 3.53. The molecule has 2 aliphatic rings. The first kappa shape index (κ1) is 18.3. The number of hydrogen-bond donors (Lipinski definition) is 0. The second-order valence-corrected chi connectivity index (χ2v) is 7.36. The summed E-state index contributed by atoms with van der Waals surface area (Å²) in [6.07, 6.45) is 2.21. The quantitative estimate of drug-likeness (QED) is 0.800. The van der Waals surface area contributed by atoms with Crippen LogP contribution in [0.1, 0.15) is 36.4 Å². The van der Waals surface area contributed by atoms with Gasteiger partial charge >= 0.3 is 0 Å². The molecule has 1 aliphatic carbocycles. The minimum atomic E-state index is -0.358. The number of halogens is 1. The number of carbonyl (C=O) groups is 2. The third-order valence-electron chi connectivity index (χ3n) is 5.21. The fourth-order valence-corrected chi connectivity index (χ4v) is 3.53. The van der Waals surface area contributed by atoms with Gasteiger partial charge in [-0.05, 0) is 24.5 Å². The Balaban J connectivity index is 1.60. The zero-order chi connectivity index (χ0) is 19.7. The number of hydrogen-bond acceptors (Lipinski definition) is 3. The summed E-state index contributed by atoms with van der Waals surface area (Å²) in [6, 6.07) is 15.7. The normalized spacial score (nSPS) is 18.7. The van der Waals surface area contributed by atoms with Crippen LogP contribution in [0.3, 0.4) is 0 Å². The van der Waals surface area contributed by atoms with Crippen molar-refractivity contribution in [2.24, 2.45) is 11.0 Å². The van der Waals surface area contributed by atoms with Crippen molar-refractivity contribution >= 4 is 17.5 Å². The Morgan fingerprint density at radius 3 is 2.46 bits per heavy atom. The molecule has 6 heteroatoms. The van der Waals surface area contributed by atoms with Gasteiger partial charge in [-0.25, -0.2) is 9.40 Å². The molecule has 2 aromatic carbocycles. The molecule has 4 rings (SSSR count). The highest BCUT2D eigenvalue weighted by Gasteiger charge is 2.36. The Morgan fingerprint density at radius 1 is 1.11 bits per heavy atom. The Kier molecular flexibility index (Phi) is 4.94. The number of rotatable bonds is 5. The molecule has 0 spiro atoms. The smallest absolute Gasteiger partial charge is 0.262 e. The number of carbonyl (C=O) groups excluding carboxylic acids is 2. The van der Waals surface area contributed by atoms with Crippen molar-refractivity contribution < 1.29 is 14.0 Å². The van der Waals surface area contributed by atoms with Gasteiger partial charge < -0.3 is 4.90 Å². The molecule has 0 N–H and O–H groups in total. The van der Waals surface area contributed by atoms with Gasteiger partial charge in [0.15, 0.2) is 0 Å². The largest absolute Gasteiger partial charge is 0.336 e. The number of likely N-dealkylation sites (N-methyl/N-ethyl adjacent to an activating group) is 1. The summed E-state index contributed by atoms with van der Waals surface area (Å²) in [5, 5.41) is 5.88. The maximum absolute atomic E-state index is 14.3. The van der Waals surface area contributed by atoms with E-state index in [9.17, 15) is 14.0 Å². The molecule has 28 heavy (non-hydrogen) atoms. The highest BCUT2D eigenvalue weighted by atomic mass is 19.1. The van der Waals surface area contributed by atoms with Gasteiger partial charge in [0.1, 0.15) is 12.4 Å². The summed E-state index contributed by atoms with van der Waals surface area (Å²) in [7, 11) is 1.65. The van der Waals surface area contributed by atoms with Crippen LogP contribution in [0.25, 0.3) is 0 Å². The molecule has 0 saturated heterocycles. The molecule has 0 bridgehead atoms. The van der Waals surface area contributed by atoms with Crippen LogP contribution in [-0.2, 0) is 9.59 Å². The van der Waals surface area contributed by atoms with Gasteiger partial charge in [-0.2, -0.15) is 5.10 Å². The van der Waals surface area contributed by atoms with Crippen molar-refractivity contribution in [3.8, 4) is 0 Å². The number of benzene rings is 2. The van der Waals surface area contributed by atoms with E-state index in [1.54, 1.807) is 25.2 Å². The van der Waals surface area contributed by atoms with Crippen LogP contribution >= 0.6 is 0 Å². The first-order valence-electron chi connectivity index (χ1n) is 9.49. The summed E-state index contributed by atoms with van der Waals surface area (Å²) >= 11 is 0. The zero-order valence-electron chi connectivity index (χ0n) is 15.7. The van der Waals surface area contributed by atoms with Gasteiger partial charge in [-0.15, -0.1) is 0 Å². The molecule has 0 radical (unpaired) electrons. The number of nitrogens with zero attached hydrogens (tertiary/aromatic N) is 3. The molecular weight excluding hydrogens is 357 g/mol. The lowest BCUT2D eigenvalue weighted by atomic mass is 9.98. The summed E-state index contributed by atoms with van der Waals surface area (Å²) < 4.78 is 14.3. The zero-order valence-corrected chi connectivity index (χ0v) is 15.7. The predicted molar refractivity (Wildman–Crippen MR) is 104 cm³/mol. The monoisotopic (exact) mass is 379 g/mol. The van der Waals surface area contributed by atoms with Gasteiger partial charge in [0.05, 0.1) is 11.8 Å². The highest BCUT2D eigenvalue weighted by molar-refractivity contribution is 6.03. The van der Waals surface area contributed by atoms with Gasteiger partial charge in [0.25, 0.3) is 5.91 Å². The van der Waals surface area contributed by atoms with Crippen LogP contribution in [0.5, 0.6) is 0 Å². The van der Waals surface area contributed by atoms with Crippen molar-refractivity contribution in [3.05, 3.63) is 71.5 Å². The Morgan fingerprint density at radius 2 is 1.79 bits per heavy atom. The molecular formula is C22H22FN3O2. The van der Waals surface area contributed by atoms with E-state index in [4.69, 9.17) is 0 Å². The van der Waals surface area contributed by atoms with Crippen LogP contribution in [-0.4, -0.2) is 41.0 Å². The minimum absolute atomic E-state index is 0.00196. The molecule has 2 aromatic rings. The second kappa shape index (κ2) is 7.54. The van der Waals surface area contributed by atoms with E-state index < -0.39 is 0 Å². The lowest BCUT2D eigenvalue weighted by Crippen LogP contribution is -2.39. The lowest BCUT2D eigenvalue weighted by molar-refractivity contribution is -0.141. The van der Waals surface area contributed by atoms with E-state index in [2.05, 4.69) is 5.10 Å². The standard InChI is InChI=1S/C22H22FN3O2/c1-25(22(28)16-11-12-16)14-21(27)26-20(15-7-3-2-4-8-15)13-19(24-26)17-9-5-6-10-18(17)23/h2-10,16,20H,11-14H2,1H3. The summed E-state index contributed by atoms with van der Waals surface area (Å²) in [5.41, 5.74) is 1.87. The SMILES string of the molecule is CN(CC(=O)N1N=C(c2ccccc2F)CC1c1ccccc1)C(=O)C1CC1. The van der Waals surface area contributed by atoms with Crippen molar-refractivity contribution in [2.75, 3.05) is 13.6 Å². The lowest BCUT2D eigenvalue weighted by Gasteiger charge is -2.25. The van der Waals surface area contributed by atoms with E-state index in [1.165, 1.54) is 16.0 Å². The fraction of sp³-hybridized carbons (Fsp3) is 0.318. The van der Waals surface area contributed by atoms with Crippen molar-refractivity contribution in [2.45, 2.75) is 25.3 Å². The Bertz CT molecular complexity index is 924. The average Bonchev–Trinajstić information content (AvgIpc) is 3.46. The minimum Gasteiger partial charge on any atom is -0.336 e. The molecule has 1 heterocycles. The van der Waals surface area contributed by atoms with E-state index in [-0.39, 0.29) is 36.1 Å². The molecule has 144 valence electrons.